The van der Waals surface area contributed by atoms with Crippen LogP contribution in [0.5, 0.6) is 5.88 Å². The summed E-state index contributed by atoms with van der Waals surface area (Å²) >= 11 is 0. The van der Waals surface area contributed by atoms with Crippen molar-refractivity contribution < 1.29 is 4.74 Å². The lowest BCUT2D eigenvalue weighted by atomic mass is 10.3. The standard InChI is InChI=1S/C13H19N5O/c1-4-18(5-2)13-16-11(15-9-6-7-9)10(8-14)12(17-13)19-3/h9H,4-7H2,1-3H3,(H,15,16,17). The molecule has 0 spiro atoms. The Balaban J connectivity index is 2.42. The second kappa shape index (κ2) is 5.74. The highest BCUT2D eigenvalue weighted by atomic mass is 16.5. The summed E-state index contributed by atoms with van der Waals surface area (Å²) in [5.74, 6) is 1.52. The second-order valence-corrected chi connectivity index (χ2v) is 4.46. The van der Waals surface area contributed by atoms with Gasteiger partial charge in [-0.1, -0.05) is 0 Å². The van der Waals surface area contributed by atoms with Crippen molar-refractivity contribution >= 4 is 11.8 Å². The zero-order valence-corrected chi connectivity index (χ0v) is 11.6. The first-order chi connectivity index (χ1) is 9.23. The van der Waals surface area contributed by atoms with Crippen LogP contribution in [0.25, 0.3) is 0 Å². The summed E-state index contributed by atoms with van der Waals surface area (Å²) in [4.78, 5) is 10.8. The molecule has 0 atom stereocenters. The van der Waals surface area contributed by atoms with Crippen molar-refractivity contribution in [1.82, 2.24) is 9.97 Å². The molecule has 19 heavy (non-hydrogen) atoms. The van der Waals surface area contributed by atoms with E-state index in [2.05, 4.69) is 21.4 Å². The van der Waals surface area contributed by atoms with E-state index in [-0.39, 0.29) is 0 Å². The fraction of sp³-hybridized carbons (Fsp3) is 0.615. The van der Waals surface area contributed by atoms with Gasteiger partial charge in [0, 0.05) is 19.1 Å². The predicted molar refractivity (Wildman–Crippen MR) is 73.5 cm³/mol. The third-order valence-corrected chi connectivity index (χ3v) is 3.13. The van der Waals surface area contributed by atoms with E-state index in [0.717, 1.165) is 25.9 Å². The minimum absolute atomic E-state index is 0.336. The van der Waals surface area contributed by atoms with Gasteiger partial charge in [0.15, 0.2) is 11.4 Å². The molecular formula is C13H19N5O. The molecular weight excluding hydrogens is 242 g/mol. The van der Waals surface area contributed by atoms with Gasteiger partial charge in [-0.05, 0) is 26.7 Å². The summed E-state index contributed by atoms with van der Waals surface area (Å²) in [6.07, 6.45) is 2.25. The number of nitrogens with one attached hydrogen (secondary N) is 1. The molecule has 0 aliphatic heterocycles. The minimum atomic E-state index is 0.336. The Kier molecular flexibility index (Phi) is 4.05. The quantitative estimate of drug-likeness (QED) is 0.841. The summed E-state index contributed by atoms with van der Waals surface area (Å²) in [5.41, 5.74) is 0.380. The summed E-state index contributed by atoms with van der Waals surface area (Å²) in [6.45, 7) is 5.72. The lowest BCUT2D eigenvalue weighted by Crippen LogP contribution is -2.25. The Morgan fingerprint density at radius 2 is 2.05 bits per heavy atom. The summed E-state index contributed by atoms with van der Waals surface area (Å²) in [6, 6.07) is 2.55. The molecule has 1 aromatic heterocycles. The van der Waals surface area contributed by atoms with Crippen LogP contribution >= 0.6 is 0 Å². The number of nitrogens with zero attached hydrogens (tertiary/aromatic N) is 4. The van der Waals surface area contributed by atoms with Crippen molar-refractivity contribution in [2.24, 2.45) is 0 Å². The molecule has 1 N–H and O–H groups in total. The van der Waals surface area contributed by atoms with Crippen molar-refractivity contribution in [2.75, 3.05) is 30.4 Å². The van der Waals surface area contributed by atoms with Crippen LogP contribution in [-0.4, -0.2) is 36.2 Å². The Morgan fingerprint density at radius 3 is 2.53 bits per heavy atom. The van der Waals surface area contributed by atoms with Gasteiger partial charge >= 0.3 is 0 Å². The lowest BCUT2D eigenvalue weighted by molar-refractivity contribution is 0.395. The zero-order chi connectivity index (χ0) is 13.8. The maximum atomic E-state index is 9.24. The van der Waals surface area contributed by atoms with E-state index in [1.165, 1.54) is 7.11 Å². The molecule has 2 rings (SSSR count). The molecule has 0 saturated heterocycles. The Bertz CT molecular complexity index is 489. The molecule has 0 aromatic carbocycles. The highest BCUT2D eigenvalue weighted by Gasteiger charge is 2.25. The number of rotatable bonds is 6. The van der Waals surface area contributed by atoms with E-state index < -0.39 is 0 Å². The van der Waals surface area contributed by atoms with Gasteiger partial charge in [0.25, 0.3) is 0 Å². The summed E-state index contributed by atoms with van der Waals surface area (Å²) in [5, 5.41) is 12.5. The van der Waals surface area contributed by atoms with E-state index in [1.54, 1.807) is 0 Å². The molecule has 0 bridgehead atoms. The van der Waals surface area contributed by atoms with Gasteiger partial charge < -0.3 is 15.0 Å². The van der Waals surface area contributed by atoms with Gasteiger partial charge in [-0.25, -0.2) is 0 Å². The average Bonchev–Trinajstić information content (AvgIpc) is 3.23. The topological polar surface area (TPSA) is 74.1 Å². The van der Waals surface area contributed by atoms with Gasteiger partial charge in [0.05, 0.1) is 7.11 Å². The number of hydrogen-bond acceptors (Lipinski definition) is 6. The zero-order valence-electron chi connectivity index (χ0n) is 11.6. The van der Waals surface area contributed by atoms with Crippen molar-refractivity contribution in [3.05, 3.63) is 5.56 Å². The van der Waals surface area contributed by atoms with Crippen molar-refractivity contribution in [3.8, 4) is 11.9 Å². The minimum Gasteiger partial charge on any atom is -0.480 e. The molecule has 1 saturated carbocycles. The van der Waals surface area contributed by atoms with E-state index in [0.29, 0.717) is 29.3 Å². The number of aromatic nitrogens is 2. The number of methoxy groups -OCH3 is 1. The van der Waals surface area contributed by atoms with E-state index in [1.807, 2.05) is 18.7 Å². The fourth-order valence-corrected chi connectivity index (χ4v) is 1.85. The normalized spacial score (nSPS) is 13.8. The molecule has 1 aliphatic rings. The van der Waals surface area contributed by atoms with Gasteiger partial charge in [0.1, 0.15) is 6.07 Å². The van der Waals surface area contributed by atoms with Gasteiger partial charge in [-0.3, -0.25) is 0 Å². The lowest BCUT2D eigenvalue weighted by Gasteiger charge is -2.20. The van der Waals surface area contributed by atoms with Crippen molar-refractivity contribution in [3.63, 3.8) is 0 Å². The number of ether oxygens (including phenoxy) is 1. The van der Waals surface area contributed by atoms with Crippen LogP contribution in [0.2, 0.25) is 0 Å². The van der Waals surface area contributed by atoms with Crippen molar-refractivity contribution in [2.45, 2.75) is 32.7 Å². The molecule has 1 aromatic rings. The third kappa shape index (κ3) is 2.87. The van der Waals surface area contributed by atoms with E-state index >= 15 is 0 Å². The molecule has 102 valence electrons. The smallest absolute Gasteiger partial charge is 0.238 e. The number of nitriles is 1. The van der Waals surface area contributed by atoms with E-state index in [4.69, 9.17) is 4.74 Å². The monoisotopic (exact) mass is 261 g/mol. The Morgan fingerprint density at radius 1 is 1.37 bits per heavy atom. The Hall–Kier alpha value is -2.03. The largest absolute Gasteiger partial charge is 0.480 e. The maximum Gasteiger partial charge on any atom is 0.238 e. The molecule has 6 heteroatoms. The SMILES string of the molecule is CCN(CC)c1nc(NC2CC2)c(C#N)c(OC)n1. The fourth-order valence-electron chi connectivity index (χ4n) is 1.85. The van der Waals surface area contributed by atoms with Crippen LogP contribution in [0.15, 0.2) is 0 Å². The van der Waals surface area contributed by atoms with Crippen LogP contribution in [0.1, 0.15) is 32.3 Å². The molecule has 1 heterocycles. The summed E-state index contributed by atoms with van der Waals surface area (Å²) < 4.78 is 5.22. The van der Waals surface area contributed by atoms with Crippen LogP contribution in [0.4, 0.5) is 11.8 Å². The molecule has 0 amide bonds. The van der Waals surface area contributed by atoms with Gasteiger partial charge in [-0.2, -0.15) is 15.2 Å². The van der Waals surface area contributed by atoms with Gasteiger partial charge in [-0.15, -0.1) is 0 Å². The van der Waals surface area contributed by atoms with Crippen molar-refractivity contribution in [1.29, 1.82) is 5.26 Å². The molecule has 0 unspecified atom stereocenters. The number of hydrogen-bond donors (Lipinski definition) is 1. The molecule has 1 fully saturated rings. The first-order valence-corrected chi connectivity index (χ1v) is 6.61. The second-order valence-electron chi connectivity index (χ2n) is 4.46. The van der Waals surface area contributed by atoms with E-state index in [9.17, 15) is 5.26 Å². The highest BCUT2D eigenvalue weighted by molar-refractivity contribution is 5.60. The first-order valence-electron chi connectivity index (χ1n) is 6.61. The maximum absolute atomic E-state index is 9.24. The predicted octanol–water partition coefficient (Wildman–Crippen LogP) is 1.78. The van der Waals surface area contributed by atoms with Crippen LogP contribution in [-0.2, 0) is 0 Å². The molecule has 0 radical (unpaired) electrons. The molecule has 6 nitrogen and oxygen atoms in total. The first kappa shape index (κ1) is 13.4. The van der Waals surface area contributed by atoms with Crippen LogP contribution < -0.4 is 15.0 Å². The number of anilines is 2. The Labute approximate surface area is 113 Å². The van der Waals surface area contributed by atoms with Crippen LogP contribution in [0, 0.1) is 11.3 Å². The molecule has 1 aliphatic carbocycles. The van der Waals surface area contributed by atoms with Gasteiger partial charge in [0.2, 0.25) is 11.8 Å². The average molecular weight is 261 g/mol. The highest BCUT2D eigenvalue weighted by Crippen LogP contribution is 2.30. The summed E-state index contributed by atoms with van der Waals surface area (Å²) in [7, 11) is 1.52. The van der Waals surface area contributed by atoms with Crippen LogP contribution in [0.3, 0.4) is 0 Å². The third-order valence-electron chi connectivity index (χ3n) is 3.13.